The molecule has 0 radical (unpaired) electrons. The fourth-order valence-corrected chi connectivity index (χ4v) is 4.61. The minimum atomic E-state index is -0.0388. The van der Waals surface area contributed by atoms with Crippen molar-refractivity contribution in [1.82, 2.24) is 0 Å². The highest BCUT2D eigenvalue weighted by molar-refractivity contribution is 5.89. The van der Waals surface area contributed by atoms with Crippen LogP contribution in [0.25, 0.3) is 10.8 Å². The Kier molecular flexibility index (Phi) is 3.26. The largest absolute Gasteiger partial charge is 0.508 e. The number of phenolic OH excluding ortho intramolecular Hbond substituents is 1. The number of nitriles is 1. The Morgan fingerprint density at radius 3 is 2.81 bits per heavy atom. The Morgan fingerprint density at radius 1 is 1.04 bits per heavy atom. The summed E-state index contributed by atoms with van der Waals surface area (Å²) in [5, 5.41) is 26.1. The van der Waals surface area contributed by atoms with Gasteiger partial charge in [0.2, 0.25) is 0 Å². The maximum atomic E-state index is 10.7. The van der Waals surface area contributed by atoms with Gasteiger partial charge in [-0.15, -0.1) is 0 Å². The molecule has 126 valence electrons. The molecule has 2 N–H and O–H groups in total. The number of allylic oxidation sites excluding steroid dienone is 2. The van der Waals surface area contributed by atoms with Crippen molar-refractivity contribution in [3.63, 3.8) is 0 Å². The number of rotatable bonds is 1. The number of fused-ring (bicyclic) bond motifs is 4. The second-order valence-corrected chi connectivity index (χ2v) is 7.08. The summed E-state index contributed by atoms with van der Waals surface area (Å²) in [7, 11) is 0. The molecule has 0 bridgehead atoms. The Bertz CT molecular complexity index is 1090. The molecular formula is C23H18N2O. The van der Waals surface area contributed by atoms with Crippen LogP contribution in [0, 0.1) is 17.2 Å². The van der Waals surface area contributed by atoms with Gasteiger partial charge in [-0.25, -0.2) is 0 Å². The standard InChI is InChI=1S/C23H18N2O/c24-13-15-6-3-9-18-17-8-4-10-19(17)23(25-22(15)18)21-16-7-2-1-5-14(16)11-12-20(21)26/h1-9,11-12,17,19,23,25-26H,10H2. The maximum absolute atomic E-state index is 10.7. The summed E-state index contributed by atoms with van der Waals surface area (Å²) in [4.78, 5) is 0. The third-order valence-electron chi connectivity index (χ3n) is 5.78. The van der Waals surface area contributed by atoms with Gasteiger partial charge in [0.25, 0.3) is 0 Å². The molecule has 26 heavy (non-hydrogen) atoms. The van der Waals surface area contributed by atoms with Crippen LogP contribution in [-0.2, 0) is 0 Å². The first-order chi connectivity index (χ1) is 12.8. The van der Waals surface area contributed by atoms with E-state index in [0.29, 0.717) is 17.2 Å². The van der Waals surface area contributed by atoms with Crippen molar-refractivity contribution in [3.8, 4) is 11.8 Å². The number of aromatic hydroxyl groups is 1. The lowest BCUT2D eigenvalue weighted by Gasteiger charge is -2.38. The summed E-state index contributed by atoms with van der Waals surface area (Å²) in [5.41, 5.74) is 3.67. The van der Waals surface area contributed by atoms with Crippen LogP contribution in [0.1, 0.15) is 35.1 Å². The highest BCUT2D eigenvalue weighted by atomic mass is 16.3. The van der Waals surface area contributed by atoms with Crippen LogP contribution in [0.5, 0.6) is 5.75 Å². The van der Waals surface area contributed by atoms with E-state index in [1.54, 1.807) is 6.07 Å². The second kappa shape index (κ2) is 5.64. The molecule has 0 fully saturated rings. The predicted molar refractivity (Wildman–Crippen MR) is 103 cm³/mol. The monoisotopic (exact) mass is 338 g/mol. The summed E-state index contributed by atoms with van der Waals surface area (Å²) in [6.07, 6.45) is 5.43. The van der Waals surface area contributed by atoms with Crippen molar-refractivity contribution in [1.29, 1.82) is 5.26 Å². The van der Waals surface area contributed by atoms with E-state index in [4.69, 9.17) is 0 Å². The van der Waals surface area contributed by atoms with Crippen molar-refractivity contribution in [2.24, 2.45) is 5.92 Å². The van der Waals surface area contributed by atoms with E-state index in [-0.39, 0.29) is 12.0 Å². The minimum absolute atomic E-state index is 0.0388. The lowest BCUT2D eigenvalue weighted by molar-refractivity contribution is 0.404. The molecule has 3 nitrogen and oxygen atoms in total. The second-order valence-electron chi connectivity index (χ2n) is 7.08. The van der Waals surface area contributed by atoms with Crippen molar-refractivity contribution in [3.05, 3.63) is 83.4 Å². The molecule has 3 atom stereocenters. The molecule has 0 saturated carbocycles. The summed E-state index contributed by atoms with van der Waals surface area (Å²) < 4.78 is 0. The molecule has 0 aromatic heterocycles. The van der Waals surface area contributed by atoms with E-state index in [2.05, 4.69) is 41.7 Å². The zero-order chi connectivity index (χ0) is 17.7. The van der Waals surface area contributed by atoms with Crippen LogP contribution in [0.4, 0.5) is 5.69 Å². The quantitative estimate of drug-likeness (QED) is 0.596. The molecule has 5 rings (SSSR count). The number of benzene rings is 3. The maximum Gasteiger partial charge on any atom is 0.121 e. The number of para-hydroxylation sites is 1. The Morgan fingerprint density at radius 2 is 1.92 bits per heavy atom. The Labute approximate surface area is 152 Å². The molecule has 3 unspecified atom stereocenters. The fourth-order valence-electron chi connectivity index (χ4n) is 4.61. The van der Waals surface area contributed by atoms with Crippen molar-refractivity contribution < 1.29 is 5.11 Å². The van der Waals surface area contributed by atoms with Gasteiger partial charge in [-0.2, -0.15) is 5.26 Å². The van der Waals surface area contributed by atoms with Crippen LogP contribution >= 0.6 is 0 Å². The molecule has 0 amide bonds. The Hall–Kier alpha value is -3.25. The molecule has 3 aromatic carbocycles. The van der Waals surface area contributed by atoms with Gasteiger partial charge in [0.15, 0.2) is 0 Å². The van der Waals surface area contributed by atoms with Crippen molar-refractivity contribution in [2.45, 2.75) is 18.4 Å². The van der Waals surface area contributed by atoms with Crippen molar-refractivity contribution in [2.75, 3.05) is 5.32 Å². The van der Waals surface area contributed by atoms with Gasteiger partial charge in [-0.3, -0.25) is 0 Å². The third kappa shape index (κ3) is 2.06. The van der Waals surface area contributed by atoms with Gasteiger partial charge in [0, 0.05) is 11.5 Å². The highest BCUT2D eigenvalue weighted by Crippen LogP contribution is 2.52. The molecule has 1 aliphatic carbocycles. The van der Waals surface area contributed by atoms with Gasteiger partial charge < -0.3 is 10.4 Å². The number of nitrogens with one attached hydrogen (secondary N) is 1. The number of hydrogen-bond acceptors (Lipinski definition) is 3. The van der Waals surface area contributed by atoms with Crippen LogP contribution in [0.3, 0.4) is 0 Å². The average molecular weight is 338 g/mol. The predicted octanol–water partition coefficient (Wildman–Crippen LogP) is 5.24. The molecule has 3 aromatic rings. The SMILES string of the molecule is N#Cc1cccc2c1NC(c1c(O)ccc3ccccc13)C1CC=CC21. The normalized spacial score (nSPS) is 23.1. The van der Waals surface area contributed by atoms with E-state index in [1.165, 1.54) is 5.56 Å². The first-order valence-electron chi connectivity index (χ1n) is 8.95. The van der Waals surface area contributed by atoms with E-state index in [0.717, 1.165) is 28.4 Å². The zero-order valence-electron chi connectivity index (χ0n) is 14.2. The van der Waals surface area contributed by atoms with E-state index < -0.39 is 0 Å². The van der Waals surface area contributed by atoms with E-state index in [9.17, 15) is 10.4 Å². The third-order valence-corrected chi connectivity index (χ3v) is 5.78. The highest BCUT2D eigenvalue weighted by Gasteiger charge is 2.40. The zero-order valence-corrected chi connectivity index (χ0v) is 14.2. The molecular weight excluding hydrogens is 320 g/mol. The van der Waals surface area contributed by atoms with E-state index in [1.807, 2.05) is 30.3 Å². The first-order valence-corrected chi connectivity index (χ1v) is 8.95. The number of phenols is 1. The molecule has 3 heteroatoms. The number of nitrogens with zero attached hydrogens (tertiary/aromatic N) is 1. The van der Waals surface area contributed by atoms with Gasteiger partial charge >= 0.3 is 0 Å². The summed E-state index contributed by atoms with van der Waals surface area (Å²) in [5.74, 6) is 0.904. The van der Waals surface area contributed by atoms with Gasteiger partial charge in [0.05, 0.1) is 17.3 Å². The first kappa shape index (κ1) is 15.0. The topological polar surface area (TPSA) is 56.0 Å². The molecule has 0 saturated heterocycles. The fraction of sp³-hybridized carbons (Fsp3) is 0.174. The lowest BCUT2D eigenvalue weighted by atomic mass is 9.75. The number of hydrogen-bond donors (Lipinski definition) is 2. The summed E-state index contributed by atoms with van der Waals surface area (Å²) in [6, 6.07) is 20.1. The summed E-state index contributed by atoms with van der Waals surface area (Å²) in [6.45, 7) is 0. The molecule has 1 aliphatic heterocycles. The smallest absolute Gasteiger partial charge is 0.121 e. The molecule has 0 spiro atoms. The molecule has 2 aliphatic rings. The van der Waals surface area contributed by atoms with Gasteiger partial charge in [0.1, 0.15) is 11.8 Å². The molecule has 1 heterocycles. The van der Waals surface area contributed by atoms with Crippen LogP contribution in [0.15, 0.2) is 66.7 Å². The average Bonchev–Trinajstić information content (AvgIpc) is 3.17. The van der Waals surface area contributed by atoms with Crippen molar-refractivity contribution >= 4 is 16.5 Å². The summed E-state index contributed by atoms with van der Waals surface area (Å²) >= 11 is 0. The van der Waals surface area contributed by atoms with Crippen LogP contribution in [0.2, 0.25) is 0 Å². The van der Waals surface area contributed by atoms with Crippen LogP contribution < -0.4 is 5.32 Å². The van der Waals surface area contributed by atoms with Crippen LogP contribution in [-0.4, -0.2) is 5.11 Å². The lowest BCUT2D eigenvalue weighted by Crippen LogP contribution is -2.29. The van der Waals surface area contributed by atoms with E-state index >= 15 is 0 Å². The minimum Gasteiger partial charge on any atom is -0.508 e. The van der Waals surface area contributed by atoms with Gasteiger partial charge in [-0.1, -0.05) is 54.6 Å². The van der Waals surface area contributed by atoms with Gasteiger partial charge in [-0.05, 0) is 40.8 Å². The Balaban J connectivity index is 1.75. The number of anilines is 1.